The lowest BCUT2D eigenvalue weighted by Crippen LogP contribution is -2.21. The first kappa shape index (κ1) is 21.9. The molecule has 1 aromatic heterocycles. The zero-order valence-electron chi connectivity index (χ0n) is 17.6. The number of benzene rings is 2. The summed E-state index contributed by atoms with van der Waals surface area (Å²) in [6.07, 6.45) is 3.18. The molecule has 5 nitrogen and oxygen atoms in total. The largest absolute Gasteiger partial charge is 0.503 e. The quantitative estimate of drug-likeness (QED) is 0.550. The highest BCUT2D eigenvalue weighted by atomic mass is 19.1. The third kappa shape index (κ3) is 3.63. The molecule has 0 bridgehead atoms. The molecule has 1 heterocycles. The topological polar surface area (TPSA) is 68.5 Å². The molecular weight excluding hydrogens is 423 g/mol. The van der Waals surface area contributed by atoms with Crippen molar-refractivity contribution in [2.24, 2.45) is 0 Å². The minimum atomic E-state index is -1.27. The SMILES string of the molecule is Cc1c(C(C)C(=O)OC2CCCC2)c2c(F)c(O)c(F)cc2n1C(=O)c1cccc(F)c1. The van der Waals surface area contributed by atoms with Gasteiger partial charge < -0.3 is 9.84 Å². The van der Waals surface area contributed by atoms with Gasteiger partial charge in [-0.25, -0.2) is 13.2 Å². The number of halogens is 3. The number of carbonyl (C=O) groups is 2. The number of phenolic OH excluding ortho intramolecular Hbond substituents is 1. The maximum absolute atomic E-state index is 15.0. The maximum atomic E-state index is 15.0. The van der Waals surface area contributed by atoms with E-state index in [1.54, 1.807) is 0 Å². The molecule has 1 atom stereocenters. The average Bonchev–Trinajstić information content (AvgIpc) is 3.36. The van der Waals surface area contributed by atoms with Gasteiger partial charge in [0.2, 0.25) is 0 Å². The molecule has 1 unspecified atom stereocenters. The first-order chi connectivity index (χ1) is 15.2. The van der Waals surface area contributed by atoms with Crippen LogP contribution in [0.2, 0.25) is 0 Å². The van der Waals surface area contributed by atoms with E-state index in [1.165, 1.54) is 32.0 Å². The van der Waals surface area contributed by atoms with Crippen molar-refractivity contribution in [2.45, 2.75) is 51.6 Å². The summed E-state index contributed by atoms with van der Waals surface area (Å²) in [5, 5.41) is 9.61. The Morgan fingerprint density at radius 2 is 1.84 bits per heavy atom. The number of aromatic hydroxyl groups is 1. The Morgan fingerprint density at radius 3 is 2.50 bits per heavy atom. The van der Waals surface area contributed by atoms with Crippen LogP contribution in [0.4, 0.5) is 13.2 Å². The number of esters is 1. The highest BCUT2D eigenvalue weighted by Crippen LogP contribution is 2.39. The number of hydrogen-bond acceptors (Lipinski definition) is 4. The second kappa shape index (κ2) is 8.33. The molecule has 4 rings (SSSR count). The van der Waals surface area contributed by atoms with Gasteiger partial charge >= 0.3 is 5.97 Å². The van der Waals surface area contributed by atoms with E-state index in [2.05, 4.69) is 0 Å². The molecule has 168 valence electrons. The summed E-state index contributed by atoms with van der Waals surface area (Å²) < 4.78 is 49.6. The molecule has 0 amide bonds. The molecule has 32 heavy (non-hydrogen) atoms. The zero-order valence-corrected chi connectivity index (χ0v) is 17.6. The van der Waals surface area contributed by atoms with Gasteiger partial charge in [-0.15, -0.1) is 0 Å². The third-order valence-corrected chi connectivity index (χ3v) is 6.05. The van der Waals surface area contributed by atoms with Crippen molar-refractivity contribution in [3.8, 4) is 5.75 Å². The number of rotatable bonds is 4. The molecule has 1 saturated carbocycles. The lowest BCUT2D eigenvalue weighted by atomic mass is 9.97. The molecule has 1 fully saturated rings. The van der Waals surface area contributed by atoms with Crippen LogP contribution in [0.25, 0.3) is 10.9 Å². The summed E-state index contributed by atoms with van der Waals surface area (Å²) in [5.41, 5.74) is 0.0845. The number of hydrogen-bond donors (Lipinski definition) is 1. The van der Waals surface area contributed by atoms with Gasteiger partial charge in [-0.2, -0.15) is 0 Å². The van der Waals surface area contributed by atoms with Crippen LogP contribution in [0.3, 0.4) is 0 Å². The summed E-state index contributed by atoms with van der Waals surface area (Å²) in [6.45, 7) is 3.00. The van der Waals surface area contributed by atoms with Crippen molar-refractivity contribution in [1.29, 1.82) is 0 Å². The molecule has 1 aliphatic rings. The molecule has 0 aliphatic heterocycles. The Balaban J connectivity index is 1.89. The van der Waals surface area contributed by atoms with Crippen molar-refractivity contribution in [3.63, 3.8) is 0 Å². The van der Waals surface area contributed by atoms with Gasteiger partial charge in [0.1, 0.15) is 11.9 Å². The van der Waals surface area contributed by atoms with Crippen LogP contribution in [0.5, 0.6) is 5.75 Å². The summed E-state index contributed by atoms with van der Waals surface area (Å²) >= 11 is 0. The molecule has 3 aromatic rings. The molecule has 0 radical (unpaired) electrons. The van der Waals surface area contributed by atoms with Gasteiger partial charge in [0.15, 0.2) is 17.4 Å². The fourth-order valence-electron chi connectivity index (χ4n) is 4.44. The van der Waals surface area contributed by atoms with E-state index in [9.17, 15) is 23.5 Å². The predicted octanol–water partition coefficient (Wildman–Crippen LogP) is 5.35. The van der Waals surface area contributed by atoms with Gasteiger partial charge in [-0.1, -0.05) is 6.07 Å². The summed E-state index contributed by atoms with van der Waals surface area (Å²) in [4.78, 5) is 26.0. The van der Waals surface area contributed by atoms with Crippen LogP contribution < -0.4 is 0 Å². The Bertz CT molecular complexity index is 1230. The smallest absolute Gasteiger partial charge is 0.313 e. The standard InChI is InChI=1S/C24H22F3NO4/c1-12(24(31)32-16-8-3-4-9-16)19-13(2)28(23(30)14-6-5-7-15(25)10-14)18-11-17(26)22(29)21(27)20(18)19/h5-7,10-12,16,29H,3-4,8-9H2,1-2H3. The van der Waals surface area contributed by atoms with E-state index in [1.807, 2.05) is 0 Å². The fraction of sp³-hybridized carbons (Fsp3) is 0.333. The third-order valence-electron chi connectivity index (χ3n) is 6.05. The van der Waals surface area contributed by atoms with E-state index in [4.69, 9.17) is 4.74 Å². The van der Waals surface area contributed by atoms with Crippen LogP contribution in [-0.4, -0.2) is 27.7 Å². The number of fused-ring (bicyclic) bond motifs is 1. The van der Waals surface area contributed by atoms with Crippen molar-refractivity contribution in [2.75, 3.05) is 0 Å². The lowest BCUT2D eigenvalue weighted by molar-refractivity contribution is -0.150. The highest BCUT2D eigenvalue weighted by Gasteiger charge is 2.32. The van der Waals surface area contributed by atoms with Crippen molar-refractivity contribution in [1.82, 2.24) is 4.57 Å². The van der Waals surface area contributed by atoms with Gasteiger partial charge in [-0.05, 0) is 63.3 Å². The molecule has 1 N–H and O–H groups in total. The van der Waals surface area contributed by atoms with E-state index >= 15 is 4.39 Å². The van der Waals surface area contributed by atoms with Crippen LogP contribution in [0, 0.1) is 24.4 Å². The van der Waals surface area contributed by atoms with Crippen LogP contribution in [0.1, 0.15) is 60.1 Å². The minimum absolute atomic E-state index is 0.0355. The van der Waals surface area contributed by atoms with Crippen molar-refractivity contribution >= 4 is 22.8 Å². The van der Waals surface area contributed by atoms with Crippen molar-refractivity contribution in [3.05, 3.63) is 64.6 Å². The second-order valence-corrected chi connectivity index (χ2v) is 8.13. The van der Waals surface area contributed by atoms with Gasteiger partial charge in [0.05, 0.1) is 11.4 Å². The Kier molecular flexibility index (Phi) is 5.71. The van der Waals surface area contributed by atoms with E-state index in [0.29, 0.717) is 0 Å². The van der Waals surface area contributed by atoms with E-state index in [-0.39, 0.29) is 33.8 Å². The number of aromatic nitrogens is 1. The Morgan fingerprint density at radius 1 is 1.16 bits per heavy atom. The number of ether oxygens (including phenoxy) is 1. The predicted molar refractivity (Wildman–Crippen MR) is 111 cm³/mol. The minimum Gasteiger partial charge on any atom is -0.503 e. The molecule has 0 spiro atoms. The molecule has 2 aromatic carbocycles. The zero-order chi connectivity index (χ0) is 23.2. The lowest BCUT2D eigenvalue weighted by Gasteiger charge is -2.17. The second-order valence-electron chi connectivity index (χ2n) is 8.13. The van der Waals surface area contributed by atoms with E-state index in [0.717, 1.165) is 42.4 Å². The first-order valence-corrected chi connectivity index (χ1v) is 10.4. The molecule has 0 saturated heterocycles. The van der Waals surface area contributed by atoms with Crippen LogP contribution in [-0.2, 0) is 9.53 Å². The van der Waals surface area contributed by atoms with Gasteiger partial charge in [-0.3, -0.25) is 14.2 Å². The van der Waals surface area contributed by atoms with Crippen LogP contribution >= 0.6 is 0 Å². The number of nitrogens with zero attached hydrogens (tertiary/aromatic N) is 1. The molecule has 1 aliphatic carbocycles. The monoisotopic (exact) mass is 445 g/mol. The maximum Gasteiger partial charge on any atom is 0.313 e. The summed E-state index contributed by atoms with van der Waals surface area (Å²) in [5.74, 6) is -6.68. The normalized spacial score (nSPS) is 15.3. The van der Waals surface area contributed by atoms with Gasteiger partial charge in [0.25, 0.3) is 5.91 Å². The average molecular weight is 445 g/mol. The Hall–Kier alpha value is -3.29. The highest BCUT2D eigenvalue weighted by molar-refractivity contribution is 6.05. The first-order valence-electron chi connectivity index (χ1n) is 10.4. The van der Waals surface area contributed by atoms with E-state index < -0.39 is 41.0 Å². The summed E-state index contributed by atoms with van der Waals surface area (Å²) in [7, 11) is 0. The van der Waals surface area contributed by atoms with Gasteiger partial charge in [0, 0.05) is 22.7 Å². The van der Waals surface area contributed by atoms with Crippen molar-refractivity contribution < 1.29 is 32.6 Å². The molecule has 8 heteroatoms. The fourth-order valence-corrected chi connectivity index (χ4v) is 4.44. The number of phenols is 1. The Labute approximate surface area is 182 Å². The summed E-state index contributed by atoms with van der Waals surface area (Å²) in [6, 6.07) is 5.73. The number of carbonyl (C=O) groups excluding carboxylic acids is 2. The molecular formula is C24H22F3NO4. The van der Waals surface area contributed by atoms with Crippen LogP contribution in [0.15, 0.2) is 30.3 Å².